The Bertz CT molecular complexity index is 916. The molecule has 1 N–H and O–H groups in total. The highest BCUT2D eigenvalue weighted by molar-refractivity contribution is 5.83. The lowest BCUT2D eigenvalue weighted by Crippen LogP contribution is -2.21. The first-order valence-corrected chi connectivity index (χ1v) is 9.54. The van der Waals surface area contributed by atoms with Crippen LogP contribution in [0, 0.1) is 11.3 Å². The van der Waals surface area contributed by atoms with Crippen LogP contribution in [0.4, 0.5) is 5.69 Å². The van der Waals surface area contributed by atoms with Gasteiger partial charge in [0.05, 0.1) is 18.7 Å². The Morgan fingerprint density at radius 3 is 2.69 bits per heavy atom. The van der Waals surface area contributed by atoms with Crippen molar-refractivity contribution in [1.29, 1.82) is 5.26 Å². The monoisotopic (exact) mass is 391 g/mol. The van der Waals surface area contributed by atoms with Gasteiger partial charge in [0.25, 0.3) is 0 Å². The number of hydrogen-bond donors (Lipinski definition) is 1. The summed E-state index contributed by atoms with van der Waals surface area (Å²) in [6.07, 6.45) is 3.82. The summed E-state index contributed by atoms with van der Waals surface area (Å²) >= 11 is 0. The van der Waals surface area contributed by atoms with Gasteiger partial charge in [0.15, 0.2) is 11.5 Å². The molecule has 0 spiro atoms. The number of likely N-dealkylation sites (N-methyl/N-ethyl adjacent to an activating group) is 1. The van der Waals surface area contributed by atoms with Crippen molar-refractivity contribution < 1.29 is 14.3 Å². The lowest BCUT2D eigenvalue weighted by Gasteiger charge is -2.16. The second-order valence-corrected chi connectivity index (χ2v) is 7.08. The van der Waals surface area contributed by atoms with E-state index in [4.69, 9.17) is 14.7 Å². The summed E-state index contributed by atoms with van der Waals surface area (Å²) in [4.78, 5) is 13.7. The van der Waals surface area contributed by atoms with Gasteiger partial charge >= 0.3 is 0 Å². The second kappa shape index (κ2) is 9.76. The van der Waals surface area contributed by atoms with Gasteiger partial charge in [0.2, 0.25) is 0 Å². The quantitative estimate of drug-likeness (QED) is 0.550. The molecule has 6 nitrogen and oxygen atoms in total. The fourth-order valence-corrected chi connectivity index (χ4v) is 3.25. The lowest BCUT2D eigenvalue weighted by atomic mass is 10.1. The first-order chi connectivity index (χ1) is 14.1. The lowest BCUT2D eigenvalue weighted by molar-refractivity contribution is -0.104. The summed E-state index contributed by atoms with van der Waals surface area (Å²) in [5.74, 6) is 1.37. The molecular weight excluding hydrogens is 366 g/mol. The van der Waals surface area contributed by atoms with Crippen molar-refractivity contribution in [1.82, 2.24) is 4.90 Å². The molecule has 2 aromatic rings. The average Bonchev–Trinajstić information content (AvgIpc) is 3.16. The summed E-state index contributed by atoms with van der Waals surface area (Å²) in [5.41, 5.74) is 2.91. The molecule has 1 fully saturated rings. The third-order valence-corrected chi connectivity index (χ3v) is 4.84. The van der Waals surface area contributed by atoms with Crippen LogP contribution in [0.1, 0.15) is 17.5 Å². The fourth-order valence-electron chi connectivity index (χ4n) is 3.25. The number of carbonyl (C=O) groups is 1. The fraction of sp³-hybridized carbons (Fsp3) is 0.304. The minimum absolute atomic E-state index is 0.164. The third-order valence-electron chi connectivity index (χ3n) is 4.84. The van der Waals surface area contributed by atoms with E-state index < -0.39 is 0 Å². The molecule has 0 aromatic heterocycles. The highest BCUT2D eigenvalue weighted by atomic mass is 16.5. The highest BCUT2D eigenvalue weighted by Gasteiger charge is 2.22. The van der Waals surface area contributed by atoms with Crippen LogP contribution in [-0.4, -0.2) is 51.1 Å². The van der Waals surface area contributed by atoms with Crippen molar-refractivity contribution in [3.05, 3.63) is 59.2 Å². The maximum atomic E-state index is 11.5. The number of methoxy groups -OCH3 is 1. The van der Waals surface area contributed by atoms with Crippen LogP contribution in [0.5, 0.6) is 11.5 Å². The van der Waals surface area contributed by atoms with Crippen LogP contribution in [0.15, 0.2) is 48.0 Å². The van der Waals surface area contributed by atoms with Crippen LogP contribution in [0.3, 0.4) is 0 Å². The van der Waals surface area contributed by atoms with Gasteiger partial charge in [-0.3, -0.25) is 4.79 Å². The predicted octanol–water partition coefficient (Wildman–Crippen LogP) is 3.34. The van der Waals surface area contributed by atoms with Gasteiger partial charge in [-0.1, -0.05) is 6.07 Å². The number of rotatable bonds is 8. The largest absolute Gasteiger partial charge is 0.493 e. The van der Waals surface area contributed by atoms with Gasteiger partial charge in [-0.25, -0.2) is 0 Å². The Morgan fingerprint density at radius 1 is 1.28 bits per heavy atom. The number of likely N-dealkylation sites (tertiary alicyclic amines) is 1. The van der Waals surface area contributed by atoms with Crippen molar-refractivity contribution in [2.24, 2.45) is 0 Å². The van der Waals surface area contributed by atoms with E-state index in [-0.39, 0.29) is 6.10 Å². The maximum absolute atomic E-state index is 11.5. The van der Waals surface area contributed by atoms with E-state index in [2.05, 4.69) is 23.3 Å². The third kappa shape index (κ3) is 5.59. The number of carbonyl (C=O) groups excluding carboxylic acids is 1. The first kappa shape index (κ1) is 20.4. The Kier molecular flexibility index (Phi) is 6.88. The Labute approximate surface area is 171 Å². The summed E-state index contributed by atoms with van der Waals surface area (Å²) in [5, 5.41) is 12.0. The molecular formula is C23H25N3O3. The molecule has 0 bridgehead atoms. The molecule has 0 amide bonds. The summed E-state index contributed by atoms with van der Waals surface area (Å²) in [6, 6.07) is 14.9. The number of benzene rings is 2. The molecule has 1 unspecified atom stereocenters. The maximum Gasteiger partial charge on any atom is 0.161 e. The van der Waals surface area contributed by atoms with Crippen LogP contribution in [0.2, 0.25) is 0 Å². The number of aldehydes is 1. The van der Waals surface area contributed by atoms with Gasteiger partial charge in [-0.2, -0.15) is 5.26 Å². The van der Waals surface area contributed by atoms with Crippen LogP contribution < -0.4 is 14.8 Å². The van der Waals surface area contributed by atoms with Gasteiger partial charge in [0.1, 0.15) is 12.4 Å². The predicted molar refractivity (Wildman–Crippen MR) is 113 cm³/mol. The van der Waals surface area contributed by atoms with Gasteiger partial charge in [-0.05, 0) is 61.5 Å². The normalized spacial score (nSPS) is 16.9. The van der Waals surface area contributed by atoms with Crippen molar-refractivity contribution in [3.63, 3.8) is 0 Å². The highest BCUT2D eigenvalue weighted by Crippen LogP contribution is 2.31. The van der Waals surface area contributed by atoms with Crippen molar-refractivity contribution >= 4 is 18.0 Å². The van der Waals surface area contributed by atoms with Gasteiger partial charge in [0, 0.05) is 30.9 Å². The minimum Gasteiger partial charge on any atom is -0.493 e. The molecule has 2 aromatic carbocycles. The minimum atomic E-state index is 0.164. The zero-order valence-corrected chi connectivity index (χ0v) is 16.7. The number of anilines is 1. The van der Waals surface area contributed by atoms with E-state index in [9.17, 15) is 4.79 Å². The second-order valence-electron chi connectivity index (χ2n) is 7.08. The zero-order valence-electron chi connectivity index (χ0n) is 16.7. The molecule has 1 atom stereocenters. The Morgan fingerprint density at radius 2 is 2.07 bits per heavy atom. The summed E-state index contributed by atoms with van der Waals surface area (Å²) in [7, 11) is 3.70. The van der Waals surface area contributed by atoms with Gasteiger partial charge < -0.3 is 19.7 Å². The van der Waals surface area contributed by atoms with E-state index >= 15 is 0 Å². The van der Waals surface area contributed by atoms with Crippen LogP contribution >= 0.6 is 0 Å². The molecule has 0 radical (unpaired) electrons. The molecule has 0 saturated carbocycles. The van der Waals surface area contributed by atoms with E-state index in [0.717, 1.165) is 37.0 Å². The number of nitrogens with one attached hydrogen (secondary N) is 1. The summed E-state index contributed by atoms with van der Waals surface area (Å²) < 4.78 is 11.6. The Hall–Kier alpha value is -3.30. The molecule has 29 heavy (non-hydrogen) atoms. The smallest absolute Gasteiger partial charge is 0.161 e. The van der Waals surface area contributed by atoms with E-state index in [0.29, 0.717) is 29.2 Å². The summed E-state index contributed by atoms with van der Waals surface area (Å²) in [6.45, 7) is 2.31. The SMILES string of the molecule is COc1cc(/C=C(\C=O)CNc2ccc(C#N)cc2)ccc1OC1CCN(C)C1. The molecule has 1 aliphatic heterocycles. The standard InChI is InChI=1S/C23H25N3O3/c1-26-10-9-21(15-26)29-22-8-5-18(12-23(22)28-2)11-19(16-27)14-25-20-6-3-17(13-24)4-7-20/h3-8,11-12,16,21,25H,9-10,14-15H2,1-2H3/b19-11-. The van der Waals surface area contributed by atoms with E-state index in [1.54, 1.807) is 19.2 Å². The van der Waals surface area contributed by atoms with E-state index in [1.165, 1.54) is 0 Å². The average molecular weight is 391 g/mol. The zero-order chi connectivity index (χ0) is 20.6. The number of ether oxygens (including phenoxy) is 2. The molecule has 1 aliphatic rings. The molecule has 1 heterocycles. The molecule has 150 valence electrons. The Balaban J connectivity index is 1.67. The van der Waals surface area contributed by atoms with E-state index in [1.807, 2.05) is 36.4 Å². The molecule has 0 aliphatic carbocycles. The van der Waals surface area contributed by atoms with Crippen molar-refractivity contribution in [2.45, 2.75) is 12.5 Å². The van der Waals surface area contributed by atoms with Crippen molar-refractivity contribution in [2.75, 3.05) is 39.1 Å². The number of nitriles is 1. The number of hydrogen-bond acceptors (Lipinski definition) is 6. The molecule has 1 saturated heterocycles. The first-order valence-electron chi connectivity index (χ1n) is 9.54. The topological polar surface area (TPSA) is 74.6 Å². The van der Waals surface area contributed by atoms with Crippen LogP contribution in [0.25, 0.3) is 6.08 Å². The molecule has 3 rings (SSSR count). The van der Waals surface area contributed by atoms with Crippen LogP contribution in [-0.2, 0) is 4.79 Å². The van der Waals surface area contributed by atoms with Gasteiger partial charge in [-0.15, -0.1) is 0 Å². The number of nitrogens with zero attached hydrogens (tertiary/aromatic N) is 2. The van der Waals surface area contributed by atoms with Crippen molar-refractivity contribution in [3.8, 4) is 17.6 Å². The molecule has 6 heteroatoms.